The minimum atomic E-state index is -0.203. The van der Waals surface area contributed by atoms with E-state index in [1.54, 1.807) is 0 Å². The molecule has 2 aromatic carbocycles. The first-order valence-electron chi connectivity index (χ1n) is 6.85. The molecule has 21 heavy (non-hydrogen) atoms. The van der Waals surface area contributed by atoms with E-state index < -0.39 is 0 Å². The van der Waals surface area contributed by atoms with Gasteiger partial charge in [-0.1, -0.05) is 51.8 Å². The third-order valence-electron chi connectivity index (χ3n) is 3.06. The first-order chi connectivity index (χ1) is 10.1. The fraction of sp³-hybridized carbons (Fsp3) is 0.235. The molecule has 0 unspecified atom stereocenters. The van der Waals surface area contributed by atoms with Gasteiger partial charge in [0.25, 0.3) is 0 Å². The highest BCUT2D eigenvalue weighted by molar-refractivity contribution is 9.10. The van der Waals surface area contributed by atoms with E-state index in [1.807, 2.05) is 55.5 Å². The Bertz CT molecular complexity index is 596. The molecule has 0 atom stereocenters. The number of benzene rings is 2. The van der Waals surface area contributed by atoms with Crippen LogP contribution in [0, 0.1) is 6.92 Å². The highest BCUT2D eigenvalue weighted by Gasteiger charge is 2.05. The standard InChI is InChI=1S/C17H18BrNO2/c1-13-6-8-15(9-7-13)19-11-10-17(20)21-12-14-4-2-3-5-16(14)18/h2-9,19H,10-12H2,1H3. The number of halogens is 1. The van der Waals surface area contributed by atoms with Crippen molar-refractivity contribution in [2.45, 2.75) is 20.0 Å². The van der Waals surface area contributed by atoms with Gasteiger partial charge in [-0.25, -0.2) is 0 Å². The molecular weight excluding hydrogens is 330 g/mol. The molecule has 0 amide bonds. The van der Waals surface area contributed by atoms with Gasteiger partial charge in [-0.2, -0.15) is 0 Å². The summed E-state index contributed by atoms with van der Waals surface area (Å²) in [6, 6.07) is 15.8. The lowest BCUT2D eigenvalue weighted by atomic mass is 10.2. The molecule has 0 spiro atoms. The van der Waals surface area contributed by atoms with E-state index >= 15 is 0 Å². The number of hydrogen-bond donors (Lipinski definition) is 1. The summed E-state index contributed by atoms with van der Waals surface area (Å²) in [6.45, 7) is 2.91. The quantitative estimate of drug-likeness (QED) is 0.791. The van der Waals surface area contributed by atoms with Crippen LogP contribution in [0.3, 0.4) is 0 Å². The summed E-state index contributed by atoms with van der Waals surface area (Å²) in [7, 11) is 0. The Hall–Kier alpha value is -1.81. The minimum Gasteiger partial charge on any atom is -0.461 e. The predicted molar refractivity (Wildman–Crippen MR) is 88.2 cm³/mol. The molecular formula is C17H18BrNO2. The third-order valence-corrected chi connectivity index (χ3v) is 3.83. The van der Waals surface area contributed by atoms with Gasteiger partial charge in [0.2, 0.25) is 0 Å². The summed E-state index contributed by atoms with van der Waals surface area (Å²) in [5.41, 5.74) is 3.20. The topological polar surface area (TPSA) is 38.3 Å². The Kier molecular flexibility index (Phi) is 5.81. The van der Waals surface area contributed by atoms with Crippen molar-refractivity contribution in [3.05, 3.63) is 64.1 Å². The van der Waals surface area contributed by atoms with E-state index in [-0.39, 0.29) is 5.97 Å². The molecule has 0 saturated carbocycles. The molecule has 0 radical (unpaired) electrons. The molecule has 0 fully saturated rings. The van der Waals surface area contributed by atoms with E-state index in [4.69, 9.17) is 4.74 Å². The van der Waals surface area contributed by atoms with E-state index in [0.29, 0.717) is 19.6 Å². The van der Waals surface area contributed by atoms with Crippen LogP contribution >= 0.6 is 15.9 Å². The first-order valence-corrected chi connectivity index (χ1v) is 7.64. The van der Waals surface area contributed by atoms with Crippen LogP contribution in [0.1, 0.15) is 17.5 Å². The van der Waals surface area contributed by atoms with Crippen molar-refractivity contribution in [1.29, 1.82) is 0 Å². The largest absolute Gasteiger partial charge is 0.461 e. The Morgan fingerprint density at radius 3 is 2.57 bits per heavy atom. The maximum Gasteiger partial charge on any atom is 0.307 e. The van der Waals surface area contributed by atoms with Gasteiger partial charge in [0.05, 0.1) is 6.42 Å². The van der Waals surface area contributed by atoms with Gasteiger partial charge in [-0.3, -0.25) is 4.79 Å². The zero-order valence-corrected chi connectivity index (χ0v) is 13.5. The number of rotatable bonds is 6. The van der Waals surface area contributed by atoms with Crippen molar-refractivity contribution in [3.63, 3.8) is 0 Å². The molecule has 2 rings (SSSR count). The number of carbonyl (C=O) groups excluding carboxylic acids is 1. The highest BCUT2D eigenvalue weighted by atomic mass is 79.9. The van der Waals surface area contributed by atoms with Gasteiger partial charge in [-0.05, 0) is 25.1 Å². The molecule has 3 nitrogen and oxygen atoms in total. The molecule has 1 N–H and O–H groups in total. The third kappa shape index (κ3) is 5.23. The second-order valence-electron chi connectivity index (χ2n) is 4.79. The van der Waals surface area contributed by atoms with E-state index in [9.17, 15) is 4.79 Å². The molecule has 0 saturated heterocycles. The summed E-state index contributed by atoms with van der Waals surface area (Å²) in [4.78, 5) is 11.7. The predicted octanol–water partition coefficient (Wildman–Crippen LogP) is 4.30. The molecule has 0 bridgehead atoms. The van der Waals surface area contributed by atoms with Gasteiger partial charge in [0.15, 0.2) is 0 Å². The number of anilines is 1. The van der Waals surface area contributed by atoms with Crippen molar-refractivity contribution in [2.75, 3.05) is 11.9 Å². The Morgan fingerprint density at radius 2 is 1.86 bits per heavy atom. The van der Waals surface area contributed by atoms with Crippen LogP contribution in [0.25, 0.3) is 0 Å². The van der Waals surface area contributed by atoms with Crippen LogP contribution < -0.4 is 5.32 Å². The smallest absolute Gasteiger partial charge is 0.307 e. The monoisotopic (exact) mass is 347 g/mol. The summed E-state index contributed by atoms with van der Waals surface area (Å²) < 4.78 is 6.21. The zero-order valence-electron chi connectivity index (χ0n) is 11.9. The summed E-state index contributed by atoms with van der Waals surface area (Å²) in [5.74, 6) is -0.203. The average Bonchev–Trinajstić information content (AvgIpc) is 2.48. The maximum atomic E-state index is 11.7. The van der Waals surface area contributed by atoms with Crippen LogP contribution in [0.5, 0.6) is 0 Å². The van der Waals surface area contributed by atoms with Crippen molar-refractivity contribution in [1.82, 2.24) is 0 Å². The number of nitrogens with one attached hydrogen (secondary N) is 1. The van der Waals surface area contributed by atoms with Crippen LogP contribution in [0.4, 0.5) is 5.69 Å². The fourth-order valence-corrected chi connectivity index (χ4v) is 2.23. The Balaban J connectivity index is 1.70. The SMILES string of the molecule is Cc1ccc(NCCC(=O)OCc2ccccc2Br)cc1. The molecule has 4 heteroatoms. The highest BCUT2D eigenvalue weighted by Crippen LogP contribution is 2.16. The normalized spacial score (nSPS) is 10.2. The molecule has 0 aliphatic rings. The van der Waals surface area contributed by atoms with Crippen LogP contribution in [0.15, 0.2) is 53.0 Å². The van der Waals surface area contributed by atoms with Crippen molar-refractivity contribution < 1.29 is 9.53 Å². The van der Waals surface area contributed by atoms with Crippen molar-refractivity contribution in [3.8, 4) is 0 Å². The van der Waals surface area contributed by atoms with E-state index in [2.05, 4.69) is 21.2 Å². The van der Waals surface area contributed by atoms with Crippen LogP contribution in [-0.2, 0) is 16.1 Å². The molecule has 0 heterocycles. The van der Waals surface area contributed by atoms with Crippen LogP contribution in [-0.4, -0.2) is 12.5 Å². The lowest BCUT2D eigenvalue weighted by Crippen LogP contribution is -2.11. The second-order valence-corrected chi connectivity index (χ2v) is 5.65. The second kappa shape index (κ2) is 7.84. The summed E-state index contributed by atoms with van der Waals surface area (Å²) >= 11 is 3.43. The maximum absolute atomic E-state index is 11.7. The number of carbonyl (C=O) groups is 1. The number of ether oxygens (including phenoxy) is 1. The first kappa shape index (κ1) is 15.6. The van der Waals surface area contributed by atoms with Crippen molar-refractivity contribution in [2.24, 2.45) is 0 Å². The Labute approximate surface area is 133 Å². The van der Waals surface area contributed by atoms with Crippen molar-refractivity contribution >= 4 is 27.6 Å². The summed E-state index contributed by atoms with van der Waals surface area (Å²) in [5, 5.41) is 3.20. The van der Waals surface area contributed by atoms with E-state index in [1.165, 1.54) is 5.56 Å². The Morgan fingerprint density at radius 1 is 1.14 bits per heavy atom. The fourth-order valence-electron chi connectivity index (χ4n) is 1.83. The molecule has 2 aromatic rings. The summed E-state index contributed by atoms with van der Waals surface area (Å²) in [6.07, 6.45) is 0.346. The number of hydrogen-bond acceptors (Lipinski definition) is 3. The zero-order chi connectivity index (χ0) is 15.1. The molecule has 0 aliphatic heterocycles. The van der Waals surface area contributed by atoms with Gasteiger partial charge in [0, 0.05) is 22.3 Å². The van der Waals surface area contributed by atoms with Gasteiger partial charge in [-0.15, -0.1) is 0 Å². The van der Waals surface area contributed by atoms with Gasteiger partial charge >= 0.3 is 5.97 Å². The molecule has 0 aromatic heterocycles. The molecule has 0 aliphatic carbocycles. The average molecular weight is 348 g/mol. The number of aryl methyl sites for hydroxylation is 1. The van der Waals surface area contributed by atoms with Crippen LogP contribution in [0.2, 0.25) is 0 Å². The van der Waals surface area contributed by atoms with Gasteiger partial charge < -0.3 is 10.1 Å². The minimum absolute atomic E-state index is 0.203. The lowest BCUT2D eigenvalue weighted by molar-refractivity contribution is -0.144. The van der Waals surface area contributed by atoms with E-state index in [0.717, 1.165) is 15.7 Å². The van der Waals surface area contributed by atoms with Gasteiger partial charge in [0.1, 0.15) is 6.61 Å². The number of esters is 1. The lowest BCUT2D eigenvalue weighted by Gasteiger charge is -2.08. The molecule has 110 valence electrons.